The molecular weight excluding hydrogens is 286 g/mol. The van der Waals surface area contributed by atoms with Gasteiger partial charge in [-0.15, -0.1) is 6.42 Å². The minimum atomic E-state index is -0.323. The number of carbonyl (C=O) groups excluding carboxylic acids is 1. The van der Waals surface area contributed by atoms with Crippen molar-refractivity contribution in [3.05, 3.63) is 70.8 Å². The predicted molar refractivity (Wildman–Crippen MR) is 91.9 cm³/mol. The van der Waals surface area contributed by atoms with E-state index in [2.05, 4.69) is 42.0 Å². The summed E-state index contributed by atoms with van der Waals surface area (Å²) in [4.78, 5) is 13.7. The summed E-state index contributed by atoms with van der Waals surface area (Å²) < 4.78 is 4.71. The van der Waals surface area contributed by atoms with Crippen molar-refractivity contribution in [2.75, 3.05) is 13.7 Å². The van der Waals surface area contributed by atoms with E-state index in [9.17, 15) is 4.79 Å². The number of aryl methyl sites for hydroxylation is 1. The van der Waals surface area contributed by atoms with Crippen molar-refractivity contribution in [1.82, 2.24) is 4.90 Å². The highest BCUT2D eigenvalue weighted by Gasteiger charge is 2.08. The Bertz CT molecular complexity index is 681. The van der Waals surface area contributed by atoms with Gasteiger partial charge in [-0.3, -0.25) is 4.90 Å². The second-order valence-electron chi connectivity index (χ2n) is 5.52. The number of hydrogen-bond donors (Lipinski definition) is 0. The van der Waals surface area contributed by atoms with Crippen LogP contribution >= 0.6 is 0 Å². The number of rotatable bonds is 6. The Balaban J connectivity index is 2.05. The maximum Gasteiger partial charge on any atom is 0.337 e. The van der Waals surface area contributed by atoms with Crippen LogP contribution in [0.15, 0.2) is 48.5 Å². The lowest BCUT2D eigenvalue weighted by molar-refractivity contribution is 0.0600. The van der Waals surface area contributed by atoms with E-state index in [4.69, 9.17) is 11.2 Å². The molecule has 0 aliphatic rings. The van der Waals surface area contributed by atoms with E-state index >= 15 is 0 Å². The molecule has 118 valence electrons. The van der Waals surface area contributed by atoms with Gasteiger partial charge in [0.15, 0.2) is 0 Å². The minimum absolute atomic E-state index is 0.323. The van der Waals surface area contributed by atoms with E-state index in [0.717, 1.165) is 18.7 Å². The van der Waals surface area contributed by atoms with E-state index in [1.807, 2.05) is 12.1 Å². The number of methoxy groups -OCH3 is 1. The topological polar surface area (TPSA) is 29.5 Å². The zero-order valence-electron chi connectivity index (χ0n) is 13.6. The van der Waals surface area contributed by atoms with Crippen LogP contribution in [-0.4, -0.2) is 24.5 Å². The lowest BCUT2D eigenvalue weighted by atomic mass is 10.1. The summed E-state index contributed by atoms with van der Waals surface area (Å²) in [6.45, 7) is 4.18. The van der Waals surface area contributed by atoms with Crippen LogP contribution < -0.4 is 0 Å². The second-order valence-corrected chi connectivity index (χ2v) is 5.52. The van der Waals surface area contributed by atoms with Gasteiger partial charge in [-0.25, -0.2) is 4.79 Å². The molecule has 0 aliphatic heterocycles. The van der Waals surface area contributed by atoms with Gasteiger partial charge in [0.1, 0.15) is 0 Å². The summed E-state index contributed by atoms with van der Waals surface area (Å²) in [5, 5.41) is 0. The zero-order chi connectivity index (χ0) is 16.7. The first-order valence-electron chi connectivity index (χ1n) is 7.51. The maximum atomic E-state index is 11.5. The average molecular weight is 307 g/mol. The monoisotopic (exact) mass is 307 g/mol. The molecular formula is C20H21NO2. The minimum Gasteiger partial charge on any atom is -0.465 e. The third-order valence-electron chi connectivity index (χ3n) is 3.62. The van der Waals surface area contributed by atoms with Gasteiger partial charge in [0, 0.05) is 13.1 Å². The Hall–Kier alpha value is -2.57. The van der Waals surface area contributed by atoms with Crippen molar-refractivity contribution in [3.63, 3.8) is 0 Å². The number of carbonyl (C=O) groups is 1. The van der Waals surface area contributed by atoms with E-state index in [-0.39, 0.29) is 5.97 Å². The number of benzene rings is 2. The van der Waals surface area contributed by atoms with Crippen LogP contribution in [0.1, 0.15) is 27.0 Å². The lowest BCUT2D eigenvalue weighted by Gasteiger charge is -2.20. The summed E-state index contributed by atoms with van der Waals surface area (Å²) in [5.74, 6) is 2.39. The molecule has 0 atom stereocenters. The number of ether oxygens (including phenoxy) is 1. The molecule has 2 rings (SSSR count). The van der Waals surface area contributed by atoms with Gasteiger partial charge in [0.2, 0.25) is 0 Å². The van der Waals surface area contributed by atoms with Gasteiger partial charge in [-0.05, 0) is 30.2 Å². The molecule has 0 N–H and O–H groups in total. The molecule has 3 heteroatoms. The first-order chi connectivity index (χ1) is 11.1. The van der Waals surface area contributed by atoms with Crippen molar-refractivity contribution in [3.8, 4) is 12.3 Å². The number of esters is 1. The molecule has 23 heavy (non-hydrogen) atoms. The van der Waals surface area contributed by atoms with Crippen molar-refractivity contribution >= 4 is 5.97 Å². The van der Waals surface area contributed by atoms with Gasteiger partial charge >= 0.3 is 5.97 Å². The number of nitrogens with zero attached hydrogens (tertiary/aromatic N) is 1. The molecule has 3 nitrogen and oxygen atoms in total. The first kappa shape index (κ1) is 16.8. The fourth-order valence-corrected chi connectivity index (χ4v) is 2.37. The third kappa shape index (κ3) is 4.98. The molecule has 0 amide bonds. The molecule has 0 heterocycles. The van der Waals surface area contributed by atoms with Crippen LogP contribution in [0.5, 0.6) is 0 Å². The molecule has 0 unspecified atom stereocenters. The van der Waals surface area contributed by atoms with Crippen molar-refractivity contribution in [2.45, 2.75) is 20.0 Å². The summed E-state index contributed by atoms with van der Waals surface area (Å²) >= 11 is 0. The van der Waals surface area contributed by atoms with Crippen LogP contribution in [-0.2, 0) is 17.8 Å². The Morgan fingerprint density at radius 1 is 1.04 bits per heavy atom. The quantitative estimate of drug-likeness (QED) is 0.605. The van der Waals surface area contributed by atoms with Crippen LogP contribution in [0.2, 0.25) is 0 Å². The molecule has 0 bridgehead atoms. The normalized spacial score (nSPS) is 10.3. The second kappa shape index (κ2) is 8.17. The average Bonchev–Trinajstić information content (AvgIpc) is 2.57. The first-order valence-corrected chi connectivity index (χ1v) is 7.51. The van der Waals surface area contributed by atoms with Crippen LogP contribution in [0.4, 0.5) is 0 Å². The molecule has 0 saturated heterocycles. The van der Waals surface area contributed by atoms with E-state index in [0.29, 0.717) is 12.1 Å². The van der Waals surface area contributed by atoms with E-state index in [1.165, 1.54) is 18.2 Å². The number of hydrogen-bond acceptors (Lipinski definition) is 3. The molecule has 0 saturated carbocycles. The van der Waals surface area contributed by atoms with Gasteiger partial charge in [0.25, 0.3) is 0 Å². The number of terminal acetylenes is 1. The van der Waals surface area contributed by atoms with Crippen LogP contribution in [0, 0.1) is 19.3 Å². The highest BCUT2D eigenvalue weighted by atomic mass is 16.5. The van der Waals surface area contributed by atoms with Gasteiger partial charge in [0.05, 0.1) is 19.2 Å². The predicted octanol–water partition coefficient (Wildman–Crippen LogP) is 3.42. The van der Waals surface area contributed by atoms with Crippen molar-refractivity contribution < 1.29 is 9.53 Å². The Labute approximate surface area is 137 Å². The molecule has 0 radical (unpaired) electrons. The fourth-order valence-electron chi connectivity index (χ4n) is 2.37. The highest BCUT2D eigenvalue weighted by Crippen LogP contribution is 2.12. The summed E-state index contributed by atoms with van der Waals surface area (Å²) in [5.41, 5.74) is 4.14. The molecule has 2 aromatic rings. The smallest absolute Gasteiger partial charge is 0.337 e. The van der Waals surface area contributed by atoms with Gasteiger partial charge in [-0.1, -0.05) is 47.9 Å². The van der Waals surface area contributed by atoms with E-state index in [1.54, 1.807) is 12.1 Å². The Morgan fingerprint density at radius 2 is 1.57 bits per heavy atom. The molecule has 2 aromatic carbocycles. The Morgan fingerprint density at radius 3 is 2.04 bits per heavy atom. The zero-order valence-corrected chi connectivity index (χ0v) is 13.6. The summed E-state index contributed by atoms with van der Waals surface area (Å²) in [6, 6.07) is 15.9. The molecule has 0 aliphatic carbocycles. The van der Waals surface area contributed by atoms with Crippen molar-refractivity contribution in [2.24, 2.45) is 0 Å². The molecule has 0 spiro atoms. The molecule has 0 aromatic heterocycles. The van der Waals surface area contributed by atoms with Crippen LogP contribution in [0.25, 0.3) is 0 Å². The SMILES string of the molecule is C#CCN(Cc1ccc(C)cc1)Cc1ccc(C(=O)OC)cc1. The maximum absolute atomic E-state index is 11.5. The highest BCUT2D eigenvalue weighted by molar-refractivity contribution is 5.89. The lowest BCUT2D eigenvalue weighted by Crippen LogP contribution is -2.23. The van der Waals surface area contributed by atoms with Crippen LogP contribution in [0.3, 0.4) is 0 Å². The van der Waals surface area contributed by atoms with E-state index < -0.39 is 0 Å². The van der Waals surface area contributed by atoms with Gasteiger partial charge < -0.3 is 4.74 Å². The van der Waals surface area contributed by atoms with Crippen molar-refractivity contribution in [1.29, 1.82) is 0 Å². The summed E-state index contributed by atoms with van der Waals surface area (Å²) in [7, 11) is 1.38. The molecule has 0 fully saturated rings. The largest absolute Gasteiger partial charge is 0.465 e. The fraction of sp³-hybridized carbons (Fsp3) is 0.250. The third-order valence-corrected chi connectivity index (χ3v) is 3.62. The Kier molecular flexibility index (Phi) is 5.96. The summed E-state index contributed by atoms with van der Waals surface area (Å²) in [6.07, 6.45) is 5.49. The van der Waals surface area contributed by atoms with Gasteiger partial charge in [-0.2, -0.15) is 0 Å². The standard InChI is InChI=1S/C20H21NO2/c1-4-13-21(14-17-7-5-16(2)6-8-17)15-18-9-11-19(12-10-18)20(22)23-3/h1,5-12H,13-15H2,2-3H3.